The summed E-state index contributed by atoms with van der Waals surface area (Å²) in [5, 5.41) is 0. The maximum absolute atomic E-state index is 4.51. The molecule has 3 rings (SSSR count). The van der Waals surface area contributed by atoms with E-state index < -0.39 is 0 Å². The Hall–Kier alpha value is -2.04. The van der Waals surface area contributed by atoms with Crippen molar-refractivity contribution in [3.63, 3.8) is 0 Å². The van der Waals surface area contributed by atoms with Gasteiger partial charge in [-0.1, -0.05) is 0 Å². The highest BCUT2D eigenvalue weighted by Gasteiger charge is 2.10. The van der Waals surface area contributed by atoms with Crippen molar-refractivity contribution in [2.75, 3.05) is 0 Å². The fraction of sp³-hybridized carbons (Fsp3) is 0.273. The quantitative estimate of drug-likeness (QED) is 0.569. The van der Waals surface area contributed by atoms with Gasteiger partial charge in [-0.15, -0.1) is 0 Å². The van der Waals surface area contributed by atoms with Gasteiger partial charge in [-0.2, -0.15) is 0 Å². The molecule has 0 aromatic carbocycles. The zero-order valence-corrected chi connectivity index (χ0v) is 9.39. The van der Waals surface area contributed by atoms with Crippen molar-refractivity contribution in [2.24, 2.45) is 0 Å². The summed E-state index contributed by atoms with van der Waals surface area (Å²) in [6, 6.07) is 0. The van der Waals surface area contributed by atoms with E-state index in [0.717, 1.165) is 28.4 Å². The Morgan fingerprint density at radius 3 is 2.56 bits per heavy atom. The summed E-state index contributed by atoms with van der Waals surface area (Å²) in [5.74, 6) is 0.873. The van der Waals surface area contributed by atoms with Gasteiger partial charge >= 0.3 is 0 Å². The molecule has 0 unspecified atom stereocenters. The Morgan fingerprint density at radius 2 is 1.75 bits per heavy atom. The second-order valence-electron chi connectivity index (χ2n) is 3.85. The molecule has 3 aromatic rings. The minimum atomic E-state index is 0.666. The van der Waals surface area contributed by atoms with Crippen LogP contribution < -0.4 is 0 Å². The molecule has 0 saturated carbocycles. The molecule has 80 valence electrons. The molecule has 5 nitrogen and oxygen atoms in total. The van der Waals surface area contributed by atoms with Crippen molar-refractivity contribution in [1.82, 2.24) is 24.3 Å². The van der Waals surface area contributed by atoms with Crippen LogP contribution in [0.3, 0.4) is 0 Å². The Labute approximate surface area is 92.2 Å². The molecule has 0 aliphatic rings. The number of fused-ring (bicyclic) bond motifs is 3. The van der Waals surface area contributed by atoms with Crippen LogP contribution >= 0.6 is 0 Å². The molecule has 0 aliphatic heterocycles. The first kappa shape index (κ1) is 9.21. The summed E-state index contributed by atoms with van der Waals surface area (Å²) >= 11 is 0. The van der Waals surface area contributed by atoms with Crippen molar-refractivity contribution in [3.8, 4) is 0 Å². The molecule has 0 N–H and O–H groups in total. The lowest BCUT2D eigenvalue weighted by atomic mass is 10.3. The average Bonchev–Trinajstić information content (AvgIpc) is 2.71. The lowest BCUT2D eigenvalue weighted by Crippen LogP contribution is -2.02. The summed E-state index contributed by atoms with van der Waals surface area (Å²) in [4.78, 5) is 17.7. The normalized spacial score (nSPS) is 11.4. The topological polar surface area (TPSA) is 56.0 Å². The number of hydrogen-bond acceptors (Lipinski definition) is 4. The molecule has 0 aliphatic carbocycles. The highest BCUT2D eigenvalue weighted by atomic mass is 15.1. The second kappa shape index (κ2) is 2.98. The van der Waals surface area contributed by atoms with Crippen molar-refractivity contribution in [2.45, 2.75) is 20.8 Å². The molecule has 0 amide bonds. The predicted octanol–water partition coefficient (Wildman–Crippen LogP) is 1.60. The van der Waals surface area contributed by atoms with Crippen LogP contribution in [0.5, 0.6) is 0 Å². The number of nitrogens with zero attached hydrogens (tertiary/aromatic N) is 5. The number of imidazole rings is 1. The summed E-state index contributed by atoms with van der Waals surface area (Å²) in [6.45, 7) is 5.82. The number of aromatic nitrogens is 5. The van der Waals surface area contributed by atoms with Gasteiger partial charge in [-0.25, -0.2) is 19.9 Å². The molecular weight excluding hydrogens is 202 g/mol. The molecule has 3 aromatic heterocycles. The fourth-order valence-electron chi connectivity index (χ4n) is 1.77. The zero-order chi connectivity index (χ0) is 11.3. The van der Waals surface area contributed by atoms with E-state index in [-0.39, 0.29) is 0 Å². The molecule has 3 heterocycles. The van der Waals surface area contributed by atoms with E-state index in [2.05, 4.69) is 19.9 Å². The molecule has 0 saturated heterocycles. The molecule has 0 radical (unpaired) electrons. The first-order valence-corrected chi connectivity index (χ1v) is 5.11. The molecular formula is C11H11N5. The van der Waals surface area contributed by atoms with E-state index in [1.807, 2.05) is 31.4 Å². The summed E-state index contributed by atoms with van der Waals surface area (Å²) in [5.41, 5.74) is 4.08. The van der Waals surface area contributed by atoms with Crippen LogP contribution in [0, 0.1) is 20.8 Å². The predicted molar refractivity (Wildman–Crippen MR) is 60.3 cm³/mol. The molecule has 0 fully saturated rings. The smallest absolute Gasteiger partial charge is 0.184 e. The molecule has 0 atom stereocenters. The van der Waals surface area contributed by atoms with Crippen LogP contribution in [0.15, 0.2) is 12.4 Å². The minimum Gasteiger partial charge on any atom is -0.286 e. The second-order valence-corrected chi connectivity index (χ2v) is 3.85. The van der Waals surface area contributed by atoms with E-state index in [1.165, 1.54) is 0 Å². The van der Waals surface area contributed by atoms with Gasteiger partial charge in [-0.05, 0) is 20.8 Å². The molecule has 16 heavy (non-hydrogen) atoms. The van der Waals surface area contributed by atoms with Gasteiger partial charge in [-0.3, -0.25) is 4.40 Å². The summed E-state index contributed by atoms with van der Waals surface area (Å²) in [6.07, 6.45) is 3.63. The molecule has 0 spiro atoms. The first-order chi connectivity index (χ1) is 7.66. The third-order valence-electron chi connectivity index (χ3n) is 2.76. The maximum Gasteiger partial charge on any atom is 0.184 e. The van der Waals surface area contributed by atoms with E-state index >= 15 is 0 Å². The fourth-order valence-corrected chi connectivity index (χ4v) is 1.77. The van der Waals surface area contributed by atoms with Crippen LogP contribution in [0.2, 0.25) is 0 Å². The van der Waals surface area contributed by atoms with E-state index in [9.17, 15) is 0 Å². The number of rotatable bonds is 0. The van der Waals surface area contributed by atoms with E-state index in [4.69, 9.17) is 0 Å². The van der Waals surface area contributed by atoms with E-state index in [1.54, 1.807) is 6.20 Å². The van der Waals surface area contributed by atoms with Gasteiger partial charge in [0.1, 0.15) is 5.82 Å². The standard InChI is InChI=1S/C11H11N5/c1-6-7(2)14-10-9(13-6)11-12-4-5-16(11)8(3)15-10/h4-5H,1-3H3. The van der Waals surface area contributed by atoms with Crippen molar-refractivity contribution in [1.29, 1.82) is 0 Å². The Morgan fingerprint density at radius 1 is 1.00 bits per heavy atom. The lowest BCUT2D eigenvalue weighted by molar-refractivity contribution is 0.979. The van der Waals surface area contributed by atoms with Gasteiger partial charge in [0.05, 0.1) is 11.4 Å². The van der Waals surface area contributed by atoms with Crippen LogP contribution in [0.4, 0.5) is 0 Å². The van der Waals surface area contributed by atoms with Crippen molar-refractivity contribution < 1.29 is 0 Å². The average molecular weight is 213 g/mol. The van der Waals surface area contributed by atoms with Crippen LogP contribution in [-0.4, -0.2) is 24.3 Å². The van der Waals surface area contributed by atoms with E-state index in [0.29, 0.717) is 5.65 Å². The Bertz CT molecular complexity index is 698. The third-order valence-corrected chi connectivity index (χ3v) is 2.76. The number of aryl methyl sites for hydroxylation is 3. The first-order valence-electron chi connectivity index (χ1n) is 5.11. The monoisotopic (exact) mass is 213 g/mol. The maximum atomic E-state index is 4.51. The van der Waals surface area contributed by atoms with Gasteiger partial charge in [0.15, 0.2) is 16.8 Å². The summed E-state index contributed by atoms with van der Waals surface area (Å²) in [7, 11) is 0. The number of hydrogen-bond donors (Lipinski definition) is 0. The highest BCUT2D eigenvalue weighted by Crippen LogP contribution is 2.16. The van der Waals surface area contributed by atoms with Crippen LogP contribution in [-0.2, 0) is 0 Å². The minimum absolute atomic E-state index is 0.666. The molecule has 5 heteroatoms. The highest BCUT2D eigenvalue weighted by molar-refractivity contribution is 5.84. The van der Waals surface area contributed by atoms with Gasteiger partial charge in [0.2, 0.25) is 0 Å². The Balaban J connectivity index is 2.59. The van der Waals surface area contributed by atoms with Gasteiger partial charge < -0.3 is 0 Å². The third kappa shape index (κ3) is 1.11. The lowest BCUT2D eigenvalue weighted by Gasteiger charge is -2.05. The van der Waals surface area contributed by atoms with Crippen molar-refractivity contribution in [3.05, 3.63) is 29.6 Å². The van der Waals surface area contributed by atoms with Crippen LogP contribution in [0.25, 0.3) is 16.8 Å². The molecule has 0 bridgehead atoms. The summed E-state index contributed by atoms with van der Waals surface area (Å²) < 4.78 is 1.92. The Kier molecular flexibility index (Phi) is 1.71. The largest absolute Gasteiger partial charge is 0.286 e. The van der Waals surface area contributed by atoms with Crippen LogP contribution in [0.1, 0.15) is 17.2 Å². The van der Waals surface area contributed by atoms with Gasteiger partial charge in [0, 0.05) is 12.4 Å². The zero-order valence-electron chi connectivity index (χ0n) is 9.39. The van der Waals surface area contributed by atoms with Gasteiger partial charge in [0.25, 0.3) is 0 Å². The SMILES string of the molecule is Cc1nc2nc(C)n3ccnc3c2nc1C. The van der Waals surface area contributed by atoms with Crippen molar-refractivity contribution >= 4 is 16.8 Å².